The molecule has 2 N–H and O–H groups in total. The molecule has 0 spiro atoms. The van der Waals surface area contributed by atoms with Gasteiger partial charge in [0.25, 0.3) is 0 Å². The van der Waals surface area contributed by atoms with Crippen LogP contribution in [0.2, 0.25) is 0 Å². The normalized spacial score (nSPS) is 14.2. The van der Waals surface area contributed by atoms with Gasteiger partial charge in [-0.05, 0) is 37.3 Å². The first-order valence-corrected chi connectivity index (χ1v) is 6.96. The van der Waals surface area contributed by atoms with E-state index in [0.717, 1.165) is 12.3 Å². The molecular formula is C16H29N. The fraction of sp³-hybridized carbons (Fsp3) is 0.625. The van der Waals surface area contributed by atoms with Gasteiger partial charge in [-0.15, -0.1) is 0 Å². The predicted molar refractivity (Wildman–Crippen MR) is 79.0 cm³/mol. The van der Waals surface area contributed by atoms with Crippen molar-refractivity contribution in [2.24, 2.45) is 11.7 Å². The lowest BCUT2D eigenvalue weighted by atomic mass is 9.95. The van der Waals surface area contributed by atoms with Gasteiger partial charge in [0.1, 0.15) is 0 Å². The molecule has 0 saturated carbocycles. The van der Waals surface area contributed by atoms with Gasteiger partial charge in [0.15, 0.2) is 0 Å². The van der Waals surface area contributed by atoms with E-state index in [2.05, 4.69) is 32.6 Å². The predicted octanol–water partition coefficient (Wildman–Crippen LogP) is 4.61. The fourth-order valence-electron chi connectivity index (χ4n) is 2.07. The van der Waals surface area contributed by atoms with E-state index in [1.165, 1.54) is 37.7 Å². The molecule has 1 nitrogen and oxygen atoms in total. The van der Waals surface area contributed by atoms with Crippen LogP contribution in [0, 0.1) is 5.92 Å². The van der Waals surface area contributed by atoms with Crippen molar-refractivity contribution in [1.29, 1.82) is 0 Å². The Labute approximate surface area is 107 Å². The van der Waals surface area contributed by atoms with Crippen LogP contribution in [-0.4, -0.2) is 6.54 Å². The molecule has 0 fully saturated rings. The minimum absolute atomic E-state index is 0.706. The Morgan fingerprint density at radius 3 is 2.59 bits per heavy atom. The van der Waals surface area contributed by atoms with Crippen LogP contribution in [0.1, 0.15) is 52.4 Å². The minimum Gasteiger partial charge on any atom is -0.330 e. The van der Waals surface area contributed by atoms with Gasteiger partial charge in [-0.1, -0.05) is 64.0 Å². The lowest BCUT2D eigenvalue weighted by molar-refractivity contribution is 0.436. The van der Waals surface area contributed by atoms with Crippen LogP contribution in [0.4, 0.5) is 0 Å². The first-order valence-electron chi connectivity index (χ1n) is 6.96. The molecule has 1 atom stereocenters. The zero-order valence-electron chi connectivity index (χ0n) is 11.6. The zero-order chi connectivity index (χ0) is 12.9. The molecule has 0 aromatic rings. The molecule has 0 saturated heterocycles. The number of hydrogen-bond donors (Lipinski definition) is 1. The van der Waals surface area contributed by atoms with Crippen LogP contribution in [0.15, 0.2) is 36.5 Å². The summed E-state index contributed by atoms with van der Waals surface area (Å²) in [6, 6.07) is 0. The molecule has 0 amide bonds. The highest BCUT2D eigenvalue weighted by Gasteiger charge is 2.02. The molecule has 0 aliphatic carbocycles. The van der Waals surface area contributed by atoms with Gasteiger partial charge in [-0.3, -0.25) is 0 Å². The summed E-state index contributed by atoms with van der Waals surface area (Å²) in [5.41, 5.74) is 6.85. The van der Waals surface area contributed by atoms with Gasteiger partial charge in [0.05, 0.1) is 0 Å². The number of nitrogens with two attached hydrogens (primary N) is 1. The van der Waals surface area contributed by atoms with Crippen molar-refractivity contribution in [3.63, 3.8) is 0 Å². The zero-order valence-corrected chi connectivity index (χ0v) is 11.6. The summed E-state index contributed by atoms with van der Waals surface area (Å²) < 4.78 is 0. The Balaban J connectivity index is 3.98. The molecule has 0 rings (SSSR count). The first kappa shape index (κ1) is 16.2. The highest BCUT2D eigenvalue weighted by atomic mass is 14.5. The number of hydrogen-bond acceptors (Lipinski definition) is 1. The molecule has 17 heavy (non-hydrogen) atoms. The van der Waals surface area contributed by atoms with E-state index in [9.17, 15) is 0 Å². The van der Waals surface area contributed by atoms with Crippen LogP contribution in [0.5, 0.6) is 0 Å². The minimum atomic E-state index is 0.706. The maximum absolute atomic E-state index is 5.56. The van der Waals surface area contributed by atoms with E-state index in [0.29, 0.717) is 6.54 Å². The second-order valence-corrected chi connectivity index (χ2v) is 4.56. The van der Waals surface area contributed by atoms with Crippen molar-refractivity contribution in [3.8, 4) is 0 Å². The van der Waals surface area contributed by atoms with Gasteiger partial charge in [0, 0.05) is 0 Å². The third kappa shape index (κ3) is 8.93. The molecule has 1 unspecified atom stereocenters. The summed E-state index contributed by atoms with van der Waals surface area (Å²) in [7, 11) is 0. The third-order valence-electron chi connectivity index (χ3n) is 3.11. The van der Waals surface area contributed by atoms with Crippen LogP contribution in [0.25, 0.3) is 0 Å². The maximum Gasteiger partial charge on any atom is -0.00367 e. The standard InChI is InChI=1S/C16H29N/c1-4-9-15(6-3)11-7-8-12-16(10-5-2)13-14-17/h5,8,10,12,15H,2,4,6-7,9,11,13-14,17H2,1,3H3/b12-8-,16-10+. The number of allylic oxidation sites excluding steroid dienone is 4. The molecule has 0 aromatic carbocycles. The van der Waals surface area contributed by atoms with Crippen LogP contribution < -0.4 is 5.73 Å². The molecule has 0 aliphatic heterocycles. The quantitative estimate of drug-likeness (QED) is 0.550. The molecule has 1 heteroatoms. The molecular weight excluding hydrogens is 206 g/mol. The van der Waals surface area contributed by atoms with E-state index in [4.69, 9.17) is 5.73 Å². The summed E-state index contributed by atoms with van der Waals surface area (Å²) in [4.78, 5) is 0. The highest BCUT2D eigenvalue weighted by molar-refractivity contribution is 5.22. The van der Waals surface area contributed by atoms with Crippen LogP contribution >= 0.6 is 0 Å². The lowest BCUT2D eigenvalue weighted by Crippen LogP contribution is -1.99. The van der Waals surface area contributed by atoms with Crippen molar-refractivity contribution in [3.05, 3.63) is 36.5 Å². The Morgan fingerprint density at radius 2 is 2.06 bits per heavy atom. The first-order chi connectivity index (χ1) is 8.28. The SMILES string of the molecule is C=C/C=C(\C=C/CCC(CC)CCC)CCN. The second-order valence-electron chi connectivity index (χ2n) is 4.56. The van der Waals surface area contributed by atoms with Crippen molar-refractivity contribution >= 4 is 0 Å². The van der Waals surface area contributed by atoms with E-state index in [-0.39, 0.29) is 0 Å². The van der Waals surface area contributed by atoms with Crippen molar-refractivity contribution in [2.45, 2.75) is 52.4 Å². The van der Waals surface area contributed by atoms with Crippen molar-refractivity contribution in [1.82, 2.24) is 0 Å². The summed E-state index contributed by atoms with van der Waals surface area (Å²) in [6.45, 7) is 8.99. The smallest absolute Gasteiger partial charge is 0.00367 e. The summed E-state index contributed by atoms with van der Waals surface area (Å²) >= 11 is 0. The van der Waals surface area contributed by atoms with Gasteiger partial charge >= 0.3 is 0 Å². The topological polar surface area (TPSA) is 26.0 Å². The van der Waals surface area contributed by atoms with E-state index >= 15 is 0 Å². The van der Waals surface area contributed by atoms with Crippen LogP contribution in [0.3, 0.4) is 0 Å². The Kier molecular flexibility index (Phi) is 11.1. The Hall–Kier alpha value is -0.820. The van der Waals surface area contributed by atoms with Crippen molar-refractivity contribution in [2.75, 3.05) is 6.54 Å². The van der Waals surface area contributed by atoms with E-state index < -0.39 is 0 Å². The molecule has 0 aromatic heterocycles. The maximum atomic E-state index is 5.56. The molecule has 0 aliphatic rings. The molecule has 0 radical (unpaired) electrons. The lowest BCUT2D eigenvalue weighted by Gasteiger charge is -2.11. The molecule has 0 bridgehead atoms. The largest absolute Gasteiger partial charge is 0.330 e. The summed E-state index contributed by atoms with van der Waals surface area (Å²) in [5, 5.41) is 0. The van der Waals surface area contributed by atoms with Gasteiger partial charge in [-0.25, -0.2) is 0 Å². The van der Waals surface area contributed by atoms with E-state index in [1.54, 1.807) is 0 Å². The van der Waals surface area contributed by atoms with Crippen molar-refractivity contribution < 1.29 is 0 Å². The molecule has 0 heterocycles. The van der Waals surface area contributed by atoms with Gasteiger partial charge in [0.2, 0.25) is 0 Å². The number of rotatable bonds is 10. The van der Waals surface area contributed by atoms with E-state index in [1.807, 2.05) is 12.2 Å². The third-order valence-corrected chi connectivity index (χ3v) is 3.11. The summed E-state index contributed by atoms with van der Waals surface area (Å²) in [6.07, 6.45) is 15.8. The van der Waals surface area contributed by atoms with Gasteiger partial charge in [-0.2, -0.15) is 0 Å². The fourth-order valence-corrected chi connectivity index (χ4v) is 2.07. The average Bonchev–Trinajstić information content (AvgIpc) is 2.33. The summed E-state index contributed by atoms with van der Waals surface area (Å²) in [5.74, 6) is 0.894. The average molecular weight is 235 g/mol. The molecule has 98 valence electrons. The highest BCUT2D eigenvalue weighted by Crippen LogP contribution is 2.17. The Morgan fingerprint density at radius 1 is 1.29 bits per heavy atom. The Bertz CT molecular complexity index is 238. The van der Waals surface area contributed by atoms with Crippen LogP contribution in [-0.2, 0) is 0 Å². The monoisotopic (exact) mass is 235 g/mol. The second kappa shape index (κ2) is 11.7. The van der Waals surface area contributed by atoms with Gasteiger partial charge < -0.3 is 5.73 Å².